The van der Waals surface area contributed by atoms with E-state index >= 15 is 0 Å². The Labute approximate surface area is 180 Å². The fraction of sp³-hybridized carbons (Fsp3) is 0.0909. The van der Waals surface area contributed by atoms with Gasteiger partial charge in [-0.05, 0) is 36.4 Å². The molecule has 2 aromatic carbocycles. The van der Waals surface area contributed by atoms with Crippen molar-refractivity contribution in [2.45, 2.75) is 6.61 Å². The summed E-state index contributed by atoms with van der Waals surface area (Å²) < 4.78 is 14.1. The molecule has 0 spiro atoms. The molecule has 3 heterocycles. The molecule has 0 aliphatic rings. The molecular formula is C22H15ClN4O4. The van der Waals surface area contributed by atoms with Crippen LogP contribution >= 0.6 is 11.6 Å². The monoisotopic (exact) mass is 434 g/mol. The van der Waals surface area contributed by atoms with Crippen LogP contribution in [0, 0.1) is 0 Å². The molecule has 0 fully saturated rings. The van der Waals surface area contributed by atoms with Crippen molar-refractivity contribution in [3.05, 3.63) is 87.6 Å². The quantitative estimate of drug-likeness (QED) is 0.399. The largest absolute Gasteiger partial charge is 0.452 e. The summed E-state index contributed by atoms with van der Waals surface area (Å²) in [4.78, 5) is 25.0. The number of hydrogen-bond donors (Lipinski definition) is 0. The van der Waals surface area contributed by atoms with Gasteiger partial charge in [-0.1, -0.05) is 35.9 Å². The molecule has 0 aliphatic heterocycles. The number of fused-ring (bicyclic) bond motifs is 3. The van der Waals surface area contributed by atoms with E-state index in [0.717, 1.165) is 0 Å². The lowest BCUT2D eigenvalue weighted by Gasteiger charge is -2.08. The van der Waals surface area contributed by atoms with Crippen molar-refractivity contribution in [3.63, 3.8) is 0 Å². The van der Waals surface area contributed by atoms with E-state index in [9.17, 15) is 9.59 Å². The molecule has 3 aromatic heterocycles. The second-order valence-corrected chi connectivity index (χ2v) is 7.26. The lowest BCUT2D eigenvalue weighted by molar-refractivity contribution is 0.0426. The summed E-state index contributed by atoms with van der Waals surface area (Å²) in [6.07, 6.45) is 0. The van der Waals surface area contributed by atoms with E-state index in [4.69, 9.17) is 20.8 Å². The maximum atomic E-state index is 12.5. The molecule has 0 saturated heterocycles. The summed E-state index contributed by atoms with van der Waals surface area (Å²) >= 11 is 6.18. The van der Waals surface area contributed by atoms with Crippen molar-refractivity contribution in [1.82, 2.24) is 19.2 Å². The first-order chi connectivity index (χ1) is 15.0. The van der Waals surface area contributed by atoms with Gasteiger partial charge in [-0.15, -0.1) is 10.2 Å². The van der Waals surface area contributed by atoms with Gasteiger partial charge < -0.3 is 9.15 Å². The average molecular weight is 435 g/mol. The van der Waals surface area contributed by atoms with Crippen LogP contribution in [0.25, 0.3) is 28.0 Å². The van der Waals surface area contributed by atoms with Crippen molar-refractivity contribution in [2.24, 2.45) is 7.05 Å². The minimum Gasteiger partial charge on any atom is -0.452 e. The highest BCUT2D eigenvalue weighted by Crippen LogP contribution is 2.29. The third-order valence-electron chi connectivity index (χ3n) is 4.97. The van der Waals surface area contributed by atoms with Crippen LogP contribution in [0.1, 0.15) is 16.4 Å². The van der Waals surface area contributed by atoms with E-state index in [1.165, 1.54) is 10.6 Å². The van der Waals surface area contributed by atoms with Gasteiger partial charge in [0.25, 0.3) is 5.56 Å². The molecule has 0 bridgehead atoms. The summed E-state index contributed by atoms with van der Waals surface area (Å²) in [5, 5.41) is 9.22. The number of ether oxygens (including phenoxy) is 1. The van der Waals surface area contributed by atoms with E-state index in [1.807, 2.05) is 18.2 Å². The van der Waals surface area contributed by atoms with Crippen molar-refractivity contribution < 1.29 is 13.9 Å². The number of halogens is 1. The number of esters is 1. The van der Waals surface area contributed by atoms with E-state index in [-0.39, 0.29) is 17.9 Å². The molecule has 0 atom stereocenters. The van der Waals surface area contributed by atoms with Gasteiger partial charge in [0, 0.05) is 12.6 Å². The van der Waals surface area contributed by atoms with Crippen LogP contribution in [-0.2, 0) is 18.4 Å². The number of hydrogen-bond acceptors (Lipinski definition) is 6. The van der Waals surface area contributed by atoms with Gasteiger partial charge in [0.1, 0.15) is 5.76 Å². The van der Waals surface area contributed by atoms with Crippen LogP contribution in [0.15, 0.2) is 69.9 Å². The van der Waals surface area contributed by atoms with E-state index < -0.39 is 5.97 Å². The highest BCUT2D eigenvalue weighted by atomic mass is 35.5. The summed E-state index contributed by atoms with van der Waals surface area (Å²) in [6, 6.07) is 17.5. The van der Waals surface area contributed by atoms with E-state index in [1.54, 1.807) is 47.8 Å². The standard InChI is InChI=1S/C22H15ClN4O4/c1-26-20(28)14-7-3-5-9-16(14)27-19(24-25-22(26)27)12-30-21(29)18-11-10-17(31-18)13-6-2-4-8-15(13)23/h2-11H,12H2,1H3. The van der Waals surface area contributed by atoms with Crippen LogP contribution in [0.5, 0.6) is 0 Å². The maximum absolute atomic E-state index is 12.5. The predicted octanol–water partition coefficient (Wildman–Crippen LogP) is 3.85. The summed E-state index contributed by atoms with van der Waals surface area (Å²) in [5.41, 5.74) is 1.14. The number of carbonyl (C=O) groups is 1. The van der Waals surface area contributed by atoms with Crippen molar-refractivity contribution in [1.29, 1.82) is 0 Å². The first-order valence-corrected chi connectivity index (χ1v) is 9.76. The molecule has 8 nitrogen and oxygen atoms in total. The van der Waals surface area contributed by atoms with Gasteiger partial charge in [-0.2, -0.15) is 0 Å². The molecule has 0 radical (unpaired) electrons. The second-order valence-electron chi connectivity index (χ2n) is 6.85. The third kappa shape index (κ3) is 3.17. The average Bonchev–Trinajstić information content (AvgIpc) is 3.44. The van der Waals surface area contributed by atoms with Crippen LogP contribution < -0.4 is 5.56 Å². The van der Waals surface area contributed by atoms with Crippen molar-refractivity contribution >= 4 is 34.3 Å². The number of carbonyl (C=O) groups excluding carboxylic acids is 1. The van der Waals surface area contributed by atoms with Gasteiger partial charge in [0.05, 0.1) is 15.9 Å². The third-order valence-corrected chi connectivity index (χ3v) is 5.30. The number of furan rings is 1. The SMILES string of the molecule is Cn1c(=O)c2ccccc2n2c(COC(=O)c3ccc(-c4ccccc4Cl)o3)nnc12. The minimum absolute atomic E-state index is 0.0426. The summed E-state index contributed by atoms with van der Waals surface area (Å²) in [7, 11) is 1.62. The normalized spacial score (nSPS) is 11.3. The smallest absolute Gasteiger partial charge is 0.374 e. The fourth-order valence-corrected chi connectivity index (χ4v) is 3.67. The number of para-hydroxylation sites is 1. The number of aryl methyl sites for hydroxylation is 1. The highest BCUT2D eigenvalue weighted by molar-refractivity contribution is 6.33. The number of nitrogens with zero attached hydrogens (tertiary/aromatic N) is 4. The predicted molar refractivity (Wildman–Crippen MR) is 114 cm³/mol. The topological polar surface area (TPSA) is 91.6 Å². The Kier molecular flexibility index (Phi) is 4.56. The zero-order valence-electron chi connectivity index (χ0n) is 16.3. The zero-order valence-corrected chi connectivity index (χ0v) is 17.0. The molecule has 31 heavy (non-hydrogen) atoms. The molecule has 5 rings (SSSR count). The molecule has 0 aliphatic carbocycles. The molecule has 5 aromatic rings. The fourth-order valence-electron chi connectivity index (χ4n) is 3.44. The molecule has 0 saturated carbocycles. The first kappa shape index (κ1) is 19.1. The Morgan fingerprint density at radius 2 is 1.84 bits per heavy atom. The molecule has 9 heteroatoms. The van der Waals surface area contributed by atoms with Gasteiger partial charge in [0.2, 0.25) is 11.5 Å². The van der Waals surface area contributed by atoms with Crippen molar-refractivity contribution in [3.8, 4) is 11.3 Å². The Bertz CT molecular complexity index is 1520. The molecule has 0 unspecified atom stereocenters. The van der Waals surface area contributed by atoms with Gasteiger partial charge >= 0.3 is 5.97 Å². The maximum Gasteiger partial charge on any atom is 0.374 e. The lowest BCUT2D eigenvalue weighted by Crippen LogP contribution is -2.20. The van der Waals surface area contributed by atoms with Crippen molar-refractivity contribution in [2.75, 3.05) is 0 Å². The second kappa shape index (κ2) is 7.41. The first-order valence-electron chi connectivity index (χ1n) is 9.38. The Morgan fingerprint density at radius 1 is 1.06 bits per heavy atom. The molecule has 0 amide bonds. The van der Waals surface area contributed by atoms with Gasteiger partial charge in [-0.25, -0.2) is 4.79 Å². The lowest BCUT2D eigenvalue weighted by atomic mass is 10.2. The Hall–Kier alpha value is -3.91. The molecular weight excluding hydrogens is 420 g/mol. The number of aromatic nitrogens is 4. The molecule has 154 valence electrons. The minimum atomic E-state index is -0.649. The Morgan fingerprint density at radius 3 is 2.68 bits per heavy atom. The van der Waals surface area contributed by atoms with Crippen LogP contribution in [0.4, 0.5) is 0 Å². The summed E-state index contributed by atoms with van der Waals surface area (Å²) in [5.74, 6) is 0.596. The molecule has 0 N–H and O–H groups in total. The van der Waals surface area contributed by atoms with Crippen LogP contribution in [-0.4, -0.2) is 25.1 Å². The highest BCUT2D eigenvalue weighted by Gasteiger charge is 2.18. The number of rotatable bonds is 4. The van der Waals surface area contributed by atoms with Crippen LogP contribution in [0.3, 0.4) is 0 Å². The van der Waals surface area contributed by atoms with E-state index in [0.29, 0.717) is 38.9 Å². The summed E-state index contributed by atoms with van der Waals surface area (Å²) in [6.45, 7) is -0.148. The van der Waals surface area contributed by atoms with Gasteiger partial charge in [0.15, 0.2) is 12.4 Å². The van der Waals surface area contributed by atoms with Gasteiger partial charge in [-0.3, -0.25) is 13.8 Å². The van der Waals surface area contributed by atoms with Crippen LogP contribution in [0.2, 0.25) is 5.02 Å². The number of benzene rings is 2. The zero-order chi connectivity index (χ0) is 21.5. The van der Waals surface area contributed by atoms with E-state index in [2.05, 4.69) is 10.2 Å². The Balaban J connectivity index is 1.44.